The lowest BCUT2D eigenvalue weighted by Gasteiger charge is -2.28. The molecule has 0 rings (SSSR count). The highest BCUT2D eigenvalue weighted by molar-refractivity contribution is 6.60. The van der Waals surface area contributed by atoms with E-state index in [9.17, 15) is 9.90 Å². The molecule has 1 unspecified atom stereocenters. The number of carbonyl (C=O) groups is 1. The summed E-state index contributed by atoms with van der Waals surface area (Å²) in [5.41, 5.74) is 0. The molecular formula is C16H36O9Si2. The molecule has 27 heavy (non-hydrogen) atoms. The molecule has 11 heteroatoms. The van der Waals surface area contributed by atoms with E-state index in [-0.39, 0.29) is 13.0 Å². The third-order valence-electron chi connectivity index (χ3n) is 3.71. The van der Waals surface area contributed by atoms with Crippen LogP contribution in [-0.4, -0.2) is 75.6 Å². The van der Waals surface area contributed by atoms with Gasteiger partial charge in [-0.05, 0) is 33.6 Å². The summed E-state index contributed by atoms with van der Waals surface area (Å²) in [4.78, 5) is 37.9. The second-order valence-electron chi connectivity index (χ2n) is 6.19. The average Bonchev–Trinajstić information content (AvgIpc) is 2.58. The molecule has 0 aliphatic rings. The van der Waals surface area contributed by atoms with E-state index >= 15 is 0 Å². The van der Waals surface area contributed by atoms with E-state index in [2.05, 4.69) is 0 Å². The van der Waals surface area contributed by atoms with Crippen LogP contribution in [0.1, 0.15) is 52.9 Å². The summed E-state index contributed by atoms with van der Waals surface area (Å²) < 4.78 is 22.2. The Hall–Kier alpha value is -0.376. The molecule has 0 saturated heterocycles. The fraction of sp³-hybridized carbons (Fsp3) is 0.938. The molecule has 0 aromatic heterocycles. The molecule has 0 bridgehead atoms. The maximum Gasteiger partial charge on any atom is 0.500 e. The summed E-state index contributed by atoms with van der Waals surface area (Å²) >= 11 is 0. The van der Waals surface area contributed by atoms with Crippen molar-refractivity contribution in [2.75, 3.05) is 26.4 Å². The molecule has 1 atom stereocenters. The molecule has 0 spiro atoms. The van der Waals surface area contributed by atoms with Crippen LogP contribution in [0.5, 0.6) is 0 Å². The monoisotopic (exact) mass is 428 g/mol. The summed E-state index contributed by atoms with van der Waals surface area (Å²) in [6, 6.07) is 0.315. The normalized spacial score (nSPS) is 13.6. The van der Waals surface area contributed by atoms with Crippen molar-refractivity contribution >= 4 is 23.6 Å². The number of hydrogen-bond donors (Lipinski definition) is 4. The maximum atomic E-state index is 11.4. The molecule has 162 valence electrons. The summed E-state index contributed by atoms with van der Waals surface area (Å²) in [7, 11) is -6.85. The van der Waals surface area contributed by atoms with Crippen LogP contribution in [0.15, 0.2) is 0 Å². The van der Waals surface area contributed by atoms with Crippen molar-refractivity contribution in [3.63, 3.8) is 0 Å². The zero-order valence-corrected chi connectivity index (χ0v) is 18.7. The zero-order valence-electron chi connectivity index (χ0n) is 16.7. The Kier molecular flexibility index (Phi) is 14.4. The summed E-state index contributed by atoms with van der Waals surface area (Å²) in [5.74, 6) is -0.677. The molecule has 9 nitrogen and oxygen atoms in total. The first-order valence-corrected chi connectivity index (χ1v) is 13.6. The van der Waals surface area contributed by atoms with E-state index in [1.54, 1.807) is 0 Å². The van der Waals surface area contributed by atoms with E-state index in [0.29, 0.717) is 26.2 Å². The summed E-state index contributed by atoms with van der Waals surface area (Å²) in [6.45, 7) is 7.24. The molecule has 0 heterocycles. The van der Waals surface area contributed by atoms with E-state index in [1.165, 1.54) is 0 Å². The molecule has 0 aromatic rings. The molecule has 0 aliphatic carbocycles. The van der Waals surface area contributed by atoms with Crippen LogP contribution >= 0.6 is 0 Å². The van der Waals surface area contributed by atoms with Gasteiger partial charge in [0.05, 0.1) is 6.10 Å². The first kappa shape index (κ1) is 26.6. The highest BCUT2D eigenvalue weighted by atomic mass is 28.4. The van der Waals surface area contributed by atoms with Crippen LogP contribution in [0.25, 0.3) is 0 Å². The van der Waals surface area contributed by atoms with Gasteiger partial charge >= 0.3 is 23.6 Å². The lowest BCUT2D eigenvalue weighted by molar-refractivity contribution is -0.146. The van der Waals surface area contributed by atoms with E-state index in [4.69, 9.17) is 32.4 Å². The number of carbonyl (C=O) groups excluding carboxylic acids is 1. The van der Waals surface area contributed by atoms with Gasteiger partial charge in [-0.25, -0.2) is 0 Å². The molecule has 4 N–H and O–H groups in total. The average molecular weight is 429 g/mol. The van der Waals surface area contributed by atoms with Crippen molar-refractivity contribution in [1.29, 1.82) is 0 Å². The Bertz CT molecular complexity index is 374. The van der Waals surface area contributed by atoms with Crippen molar-refractivity contribution in [1.82, 2.24) is 0 Å². The summed E-state index contributed by atoms with van der Waals surface area (Å²) in [5, 5.41) is 9.86. The largest absolute Gasteiger partial charge is 0.500 e. The van der Waals surface area contributed by atoms with Crippen molar-refractivity contribution in [2.45, 2.75) is 71.1 Å². The quantitative estimate of drug-likeness (QED) is 0.151. The van der Waals surface area contributed by atoms with Gasteiger partial charge < -0.3 is 37.5 Å². The van der Waals surface area contributed by atoms with Crippen LogP contribution in [0.4, 0.5) is 0 Å². The molecule has 0 saturated carbocycles. The summed E-state index contributed by atoms with van der Waals surface area (Å²) in [6.07, 6.45) is 1.89. The number of hydrogen-bond acceptors (Lipinski definition) is 9. The van der Waals surface area contributed by atoms with Crippen molar-refractivity contribution in [3.8, 4) is 0 Å². The standard InChI is InChI=1S/C16H36O9Si2/c1-4-23-27(24-5-2,25-6-3)12-9-7-8-10-15(17)14-22-16(18)11-13-26(19,20)21/h15,17,19-21H,4-14H2,1-3H3. The Morgan fingerprint density at radius 2 is 1.44 bits per heavy atom. The van der Waals surface area contributed by atoms with E-state index in [0.717, 1.165) is 25.3 Å². The second-order valence-corrected chi connectivity index (χ2v) is 11.0. The third kappa shape index (κ3) is 14.3. The number of rotatable bonds is 17. The van der Waals surface area contributed by atoms with Gasteiger partial charge in [-0.15, -0.1) is 0 Å². The van der Waals surface area contributed by atoms with Gasteiger partial charge in [-0.3, -0.25) is 4.79 Å². The smallest absolute Gasteiger partial charge is 0.463 e. The topological polar surface area (TPSA) is 135 Å². The molecule has 0 aromatic carbocycles. The second kappa shape index (κ2) is 14.6. The minimum Gasteiger partial charge on any atom is -0.463 e. The fourth-order valence-corrected chi connectivity index (χ4v) is 5.74. The minimum absolute atomic E-state index is 0.148. The van der Waals surface area contributed by atoms with Gasteiger partial charge in [0.15, 0.2) is 0 Å². The van der Waals surface area contributed by atoms with Gasteiger partial charge in [0, 0.05) is 38.3 Å². The Morgan fingerprint density at radius 1 is 0.889 bits per heavy atom. The van der Waals surface area contributed by atoms with Crippen LogP contribution in [0, 0.1) is 0 Å². The fourth-order valence-electron chi connectivity index (χ4n) is 2.51. The number of aliphatic hydroxyl groups excluding tert-OH is 1. The number of ether oxygens (including phenoxy) is 1. The zero-order chi connectivity index (χ0) is 20.8. The SMILES string of the molecule is CCO[Si](CCCCCC(O)COC(=O)CC[Si](O)(O)O)(OCC)OCC. The van der Waals surface area contributed by atoms with Gasteiger partial charge in [0.25, 0.3) is 0 Å². The lowest BCUT2D eigenvalue weighted by atomic mass is 10.1. The predicted octanol–water partition coefficient (Wildman–Crippen LogP) is 0.805. The van der Waals surface area contributed by atoms with Crippen molar-refractivity contribution in [3.05, 3.63) is 0 Å². The highest BCUT2D eigenvalue weighted by Gasteiger charge is 2.39. The molecule has 0 fully saturated rings. The number of esters is 1. The number of unbranched alkanes of at least 4 members (excludes halogenated alkanes) is 2. The van der Waals surface area contributed by atoms with Gasteiger partial charge in [0.2, 0.25) is 0 Å². The van der Waals surface area contributed by atoms with Gasteiger partial charge in [-0.2, -0.15) is 0 Å². The first-order chi connectivity index (χ1) is 12.7. The molecule has 0 amide bonds. The van der Waals surface area contributed by atoms with Crippen molar-refractivity contribution < 1.29 is 42.3 Å². The highest BCUT2D eigenvalue weighted by Crippen LogP contribution is 2.20. The minimum atomic E-state index is -4.23. The Labute approximate surface area is 164 Å². The van der Waals surface area contributed by atoms with E-state index < -0.39 is 35.7 Å². The third-order valence-corrected chi connectivity index (χ3v) is 7.79. The van der Waals surface area contributed by atoms with Crippen molar-refractivity contribution in [2.24, 2.45) is 0 Å². The van der Waals surface area contributed by atoms with E-state index in [1.807, 2.05) is 20.8 Å². The molecular weight excluding hydrogens is 392 g/mol. The Morgan fingerprint density at radius 3 is 1.93 bits per heavy atom. The lowest BCUT2D eigenvalue weighted by Crippen LogP contribution is -2.45. The first-order valence-electron chi connectivity index (χ1n) is 9.60. The predicted molar refractivity (Wildman–Crippen MR) is 103 cm³/mol. The van der Waals surface area contributed by atoms with Gasteiger partial charge in [-0.1, -0.05) is 12.8 Å². The van der Waals surface area contributed by atoms with Crippen LogP contribution < -0.4 is 0 Å². The Balaban J connectivity index is 3.99. The van der Waals surface area contributed by atoms with Crippen LogP contribution in [-0.2, 0) is 22.8 Å². The maximum absolute atomic E-state index is 11.4. The van der Waals surface area contributed by atoms with Crippen LogP contribution in [0.2, 0.25) is 12.1 Å². The number of aliphatic hydroxyl groups is 1. The van der Waals surface area contributed by atoms with Gasteiger partial charge in [0.1, 0.15) is 6.61 Å². The molecule has 0 radical (unpaired) electrons. The molecule has 0 aliphatic heterocycles. The van der Waals surface area contributed by atoms with Crippen LogP contribution in [0.3, 0.4) is 0 Å².